The van der Waals surface area contributed by atoms with E-state index < -0.39 is 0 Å². The Morgan fingerprint density at radius 3 is 1.80 bits per heavy atom. The summed E-state index contributed by atoms with van der Waals surface area (Å²) in [6, 6.07) is 19.9. The number of nitrogens with one attached hydrogen (secondary N) is 3. The lowest BCUT2D eigenvalue weighted by molar-refractivity contribution is -0.125. The molecule has 5 heteroatoms. The molecule has 0 spiro atoms. The van der Waals surface area contributed by atoms with Gasteiger partial charge < -0.3 is 10.6 Å². The first-order valence-corrected chi connectivity index (χ1v) is 8.45. The van der Waals surface area contributed by atoms with E-state index in [4.69, 9.17) is 0 Å². The average Bonchev–Trinajstić information content (AvgIpc) is 2.61. The average molecular weight is 339 g/mol. The minimum absolute atomic E-state index is 0.0139. The molecule has 2 amide bonds. The summed E-state index contributed by atoms with van der Waals surface area (Å²) in [6.45, 7) is 3.88. The third kappa shape index (κ3) is 6.39. The van der Waals surface area contributed by atoms with Gasteiger partial charge in [0.15, 0.2) is 0 Å². The van der Waals surface area contributed by atoms with Gasteiger partial charge in [-0.25, -0.2) is 0 Å². The molecule has 0 fully saturated rings. The summed E-state index contributed by atoms with van der Waals surface area (Å²) in [5.74, 6) is -0.401. The van der Waals surface area contributed by atoms with Gasteiger partial charge in [0.2, 0.25) is 11.8 Å². The van der Waals surface area contributed by atoms with Crippen LogP contribution in [0, 0.1) is 0 Å². The third-order valence-electron chi connectivity index (χ3n) is 3.63. The summed E-state index contributed by atoms with van der Waals surface area (Å²) in [5.41, 5.74) is 2.16. The quantitative estimate of drug-likeness (QED) is 0.689. The number of hydrogen-bond donors (Lipinski definition) is 3. The van der Waals surface area contributed by atoms with Crippen LogP contribution in [0.3, 0.4) is 0 Å². The molecular formula is C20H25N3O2. The lowest BCUT2D eigenvalue weighted by Crippen LogP contribution is -2.43. The van der Waals surface area contributed by atoms with Crippen LogP contribution in [0.4, 0.5) is 0 Å². The van der Waals surface area contributed by atoms with Gasteiger partial charge in [-0.2, -0.15) is 0 Å². The van der Waals surface area contributed by atoms with Gasteiger partial charge in [-0.15, -0.1) is 0 Å². The molecule has 3 N–H and O–H groups in total. The molecule has 2 rings (SSSR count). The Morgan fingerprint density at radius 2 is 1.32 bits per heavy atom. The van der Waals surface area contributed by atoms with Crippen molar-refractivity contribution in [3.05, 3.63) is 71.8 Å². The first-order valence-electron chi connectivity index (χ1n) is 8.45. The van der Waals surface area contributed by atoms with Crippen molar-refractivity contribution in [2.45, 2.75) is 25.9 Å². The van der Waals surface area contributed by atoms with Crippen LogP contribution in [0.2, 0.25) is 0 Å². The maximum atomic E-state index is 12.0. The Kier molecular flexibility index (Phi) is 7.16. The van der Waals surface area contributed by atoms with Crippen molar-refractivity contribution in [3.63, 3.8) is 0 Å². The van der Waals surface area contributed by atoms with Crippen molar-refractivity contribution in [3.8, 4) is 0 Å². The maximum Gasteiger partial charge on any atom is 0.239 e. The van der Waals surface area contributed by atoms with E-state index in [0.717, 1.165) is 11.1 Å². The second kappa shape index (κ2) is 9.59. The smallest absolute Gasteiger partial charge is 0.239 e. The molecule has 0 saturated carbocycles. The van der Waals surface area contributed by atoms with E-state index in [0.29, 0.717) is 0 Å². The van der Waals surface area contributed by atoms with Crippen LogP contribution in [-0.4, -0.2) is 30.9 Å². The molecule has 0 aliphatic carbocycles. The van der Waals surface area contributed by atoms with Crippen LogP contribution < -0.4 is 16.0 Å². The van der Waals surface area contributed by atoms with Gasteiger partial charge in [-0.3, -0.25) is 14.9 Å². The van der Waals surface area contributed by atoms with E-state index in [2.05, 4.69) is 16.0 Å². The lowest BCUT2D eigenvalue weighted by atomic mass is 9.99. The molecule has 5 nitrogen and oxygen atoms in total. The minimum atomic E-state index is -0.212. The van der Waals surface area contributed by atoms with E-state index in [-0.39, 0.29) is 37.0 Å². The minimum Gasteiger partial charge on any atom is -0.352 e. The summed E-state index contributed by atoms with van der Waals surface area (Å²) in [7, 11) is 0. The molecule has 2 aromatic carbocycles. The highest BCUT2D eigenvalue weighted by molar-refractivity contribution is 5.85. The molecule has 0 bridgehead atoms. The number of carbonyl (C=O) groups is 2. The zero-order chi connectivity index (χ0) is 18.1. The van der Waals surface area contributed by atoms with Crippen molar-refractivity contribution in [2.24, 2.45) is 0 Å². The van der Waals surface area contributed by atoms with E-state index >= 15 is 0 Å². The van der Waals surface area contributed by atoms with Gasteiger partial charge in [0.1, 0.15) is 0 Å². The van der Waals surface area contributed by atoms with Gasteiger partial charge in [0.05, 0.1) is 19.1 Å². The predicted molar refractivity (Wildman–Crippen MR) is 99.0 cm³/mol. The molecule has 0 saturated heterocycles. The second-order valence-corrected chi connectivity index (χ2v) is 6.13. The van der Waals surface area contributed by atoms with Crippen molar-refractivity contribution < 1.29 is 9.59 Å². The maximum absolute atomic E-state index is 12.0. The Bertz CT molecular complexity index is 632. The van der Waals surface area contributed by atoms with Crippen LogP contribution in [0.5, 0.6) is 0 Å². The zero-order valence-electron chi connectivity index (χ0n) is 14.7. The van der Waals surface area contributed by atoms with Crippen LogP contribution in [0.15, 0.2) is 60.7 Å². The highest BCUT2D eigenvalue weighted by atomic mass is 16.2. The Hall–Kier alpha value is -2.66. The molecule has 0 heterocycles. The summed E-state index contributed by atoms with van der Waals surface area (Å²) in [5, 5.41) is 8.65. The van der Waals surface area contributed by atoms with E-state index in [1.807, 2.05) is 74.5 Å². The zero-order valence-corrected chi connectivity index (χ0v) is 14.7. The highest BCUT2D eigenvalue weighted by Gasteiger charge is 2.15. The number of rotatable bonds is 8. The third-order valence-corrected chi connectivity index (χ3v) is 3.63. The normalized spacial score (nSPS) is 10.7. The Morgan fingerprint density at radius 1 is 0.800 bits per heavy atom. The highest BCUT2D eigenvalue weighted by Crippen LogP contribution is 2.21. The predicted octanol–water partition coefficient (Wildman–Crippen LogP) is 2.01. The van der Waals surface area contributed by atoms with Crippen LogP contribution >= 0.6 is 0 Å². The topological polar surface area (TPSA) is 70.2 Å². The van der Waals surface area contributed by atoms with Crippen molar-refractivity contribution in [2.75, 3.05) is 13.1 Å². The largest absolute Gasteiger partial charge is 0.352 e. The summed E-state index contributed by atoms with van der Waals surface area (Å²) in [4.78, 5) is 23.6. The SMILES string of the molecule is CC(C)NC(=O)CNC(=O)CNC(c1ccccc1)c1ccccc1. The van der Waals surface area contributed by atoms with E-state index in [1.54, 1.807) is 0 Å². The lowest BCUT2D eigenvalue weighted by Gasteiger charge is -2.19. The fourth-order valence-electron chi connectivity index (χ4n) is 2.53. The molecule has 0 aromatic heterocycles. The molecular weight excluding hydrogens is 314 g/mol. The molecule has 0 unspecified atom stereocenters. The Balaban J connectivity index is 1.94. The molecule has 0 aliphatic heterocycles. The number of amides is 2. The molecule has 2 aromatic rings. The first kappa shape index (κ1) is 18.7. The van der Waals surface area contributed by atoms with E-state index in [9.17, 15) is 9.59 Å². The van der Waals surface area contributed by atoms with Crippen LogP contribution in [-0.2, 0) is 9.59 Å². The van der Waals surface area contributed by atoms with Crippen molar-refractivity contribution in [1.82, 2.24) is 16.0 Å². The van der Waals surface area contributed by atoms with Gasteiger partial charge in [0, 0.05) is 6.04 Å². The summed E-state index contributed by atoms with van der Waals surface area (Å²) < 4.78 is 0. The summed E-state index contributed by atoms with van der Waals surface area (Å²) in [6.07, 6.45) is 0. The van der Waals surface area contributed by atoms with Crippen molar-refractivity contribution >= 4 is 11.8 Å². The van der Waals surface area contributed by atoms with Gasteiger partial charge in [0.25, 0.3) is 0 Å². The summed E-state index contributed by atoms with van der Waals surface area (Å²) >= 11 is 0. The Labute approximate surface area is 148 Å². The van der Waals surface area contributed by atoms with Gasteiger partial charge in [-0.05, 0) is 25.0 Å². The standard InChI is InChI=1S/C20H25N3O2/c1-15(2)23-19(25)14-21-18(24)13-22-20(16-9-5-3-6-10-16)17-11-7-4-8-12-17/h3-12,15,20,22H,13-14H2,1-2H3,(H,21,24)(H,23,25). The van der Waals surface area contributed by atoms with Gasteiger partial charge >= 0.3 is 0 Å². The fraction of sp³-hybridized carbons (Fsp3) is 0.300. The van der Waals surface area contributed by atoms with E-state index in [1.165, 1.54) is 0 Å². The molecule has 0 aliphatic rings. The van der Waals surface area contributed by atoms with Gasteiger partial charge in [-0.1, -0.05) is 60.7 Å². The number of benzene rings is 2. The van der Waals surface area contributed by atoms with Crippen molar-refractivity contribution in [1.29, 1.82) is 0 Å². The molecule has 0 radical (unpaired) electrons. The van der Waals surface area contributed by atoms with Crippen LogP contribution in [0.1, 0.15) is 31.0 Å². The monoisotopic (exact) mass is 339 g/mol. The molecule has 132 valence electrons. The number of hydrogen-bond acceptors (Lipinski definition) is 3. The molecule has 25 heavy (non-hydrogen) atoms. The second-order valence-electron chi connectivity index (χ2n) is 6.13. The first-order chi connectivity index (χ1) is 12.1. The fourth-order valence-corrected chi connectivity index (χ4v) is 2.53. The number of carbonyl (C=O) groups excluding carboxylic acids is 2. The molecule has 0 atom stereocenters. The van der Waals surface area contributed by atoms with Crippen LogP contribution in [0.25, 0.3) is 0 Å².